The van der Waals surface area contributed by atoms with E-state index >= 15 is 0 Å². The molecule has 1 amide bonds. The highest BCUT2D eigenvalue weighted by molar-refractivity contribution is 7.92. The van der Waals surface area contributed by atoms with E-state index in [1.165, 1.54) is 0 Å². The summed E-state index contributed by atoms with van der Waals surface area (Å²) < 4.78 is 63.6. The topological polar surface area (TPSA) is 104 Å². The van der Waals surface area contributed by atoms with Crippen molar-refractivity contribution < 1.29 is 26.4 Å². The zero-order valence-corrected chi connectivity index (χ0v) is 20.0. The molecule has 1 fully saturated rings. The largest absolute Gasteiger partial charge is 0.416 e. The van der Waals surface area contributed by atoms with Crippen LogP contribution >= 0.6 is 0 Å². The minimum Gasteiger partial charge on any atom is -0.362 e. The first kappa shape index (κ1) is 25.7. The number of hydrogen-bond donors (Lipinski definition) is 2. The predicted octanol–water partition coefficient (Wildman–Crippen LogP) is 3.18. The first-order valence-electron chi connectivity index (χ1n) is 10.8. The first-order chi connectivity index (χ1) is 15.8. The Kier molecular flexibility index (Phi) is 7.69. The summed E-state index contributed by atoms with van der Waals surface area (Å²) in [6, 6.07) is 3.31. The number of amides is 1. The Morgan fingerprint density at radius 3 is 2.41 bits per heavy atom. The van der Waals surface area contributed by atoms with Crippen LogP contribution in [0.3, 0.4) is 0 Å². The van der Waals surface area contributed by atoms with Gasteiger partial charge in [-0.05, 0) is 50.8 Å². The molecule has 1 aromatic carbocycles. The third-order valence-corrected chi connectivity index (χ3v) is 7.25. The maximum atomic E-state index is 12.9. The molecule has 3 rings (SSSR count). The molecule has 1 aromatic heterocycles. The van der Waals surface area contributed by atoms with Crippen molar-refractivity contribution in [1.29, 1.82) is 0 Å². The van der Waals surface area contributed by atoms with Gasteiger partial charge in [0.25, 0.3) is 0 Å². The molecule has 1 aliphatic carbocycles. The van der Waals surface area contributed by atoms with E-state index in [4.69, 9.17) is 0 Å². The molecular formula is C22H28F3N5O3S. The molecule has 1 saturated carbocycles. The standard InChI is InChI=1S/C22H28F3N5O3S/c1-14-12-26-21(29-20(14)30(2)3)28-17-9-7-16(8-10-17)27-19(31)13-34(32,33)18-6-4-5-15(11-18)22(23,24)25/h4-6,11-12,16-17H,7-10,13H2,1-3H3,(H,27,31)(H,26,28,29). The molecule has 186 valence electrons. The van der Waals surface area contributed by atoms with Gasteiger partial charge in [-0.25, -0.2) is 13.4 Å². The van der Waals surface area contributed by atoms with Crippen molar-refractivity contribution in [3.63, 3.8) is 0 Å². The van der Waals surface area contributed by atoms with Gasteiger partial charge < -0.3 is 15.5 Å². The maximum Gasteiger partial charge on any atom is 0.416 e. The van der Waals surface area contributed by atoms with E-state index in [1.54, 1.807) is 6.20 Å². The molecule has 0 bridgehead atoms. The number of nitrogens with zero attached hydrogens (tertiary/aromatic N) is 3. The third kappa shape index (κ3) is 6.58. The van der Waals surface area contributed by atoms with E-state index in [0.29, 0.717) is 24.9 Å². The van der Waals surface area contributed by atoms with Gasteiger partial charge in [0.05, 0.1) is 10.5 Å². The summed E-state index contributed by atoms with van der Waals surface area (Å²) >= 11 is 0. The van der Waals surface area contributed by atoms with Crippen molar-refractivity contribution in [3.05, 3.63) is 41.6 Å². The summed E-state index contributed by atoms with van der Waals surface area (Å²) in [7, 11) is -0.398. The molecule has 1 heterocycles. The van der Waals surface area contributed by atoms with Gasteiger partial charge in [0, 0.05) is 37.9 Å². The summed E-state index contributed by atoms with van der Waals surface area (Å²) in [4.78, 5) is 22.6. The fraction of sp³-hybridized carbons (Fsp3) is 0.500. The van der Waals surface area contributed by atoms with Crippen molar-refractivity contribution in [2.24, 2.45) is 0 Å². The lowest BCUT2D eigenvalue weighted by Crippen LogP contribution is -2.42. The van der Waals surface area contributed by atoms with Crippen LogP contribution in [0.5, 0.6) is 0 Å². The number of hydrogen-bond acceptors (Lipinski definition) is 7. The maximum absolute atomic E-state index is 12.9. The number of aryl methyl sites for hydroxylation is 1. The Hall–Kier alpha value is -2.89. The summed E-state index contributed by atoms with van der Waals surface area (Å²) in [5.74, 6) is -0.294. The lowest BCUT2D eigenvalue weighted by Gasteiger charge is -2.30. The molecule has 0 radical (unpaired) electrons. The van der Waals surface area contributed by atoms with Crippen molar-refractivity contribution in [2.75, 3.05) is 30.1 Å². The summed E-state index contributed by atoms with van der Waals surface area (Å²) in [6.45, 7) is 1.93. The number of halogens is 3. The normalized spacial score (nSPS) is 18.9. The summed E-state index contributed by atoms with van der Waals surface area (Å²) in [5.41, 5.74) is -0.114. The van der Waals surface area contributed by atoms with Crippen molar-refractivity contribution in [3.8, 4) is 0 Å². The fourth-order valence-corrected chi connectivity index (χ4v) is 5.10. The van der Waals surface area contributed by atoms with Crippen molar-refractivity contribution >= 4 is 27.5 Å². The number of nitrogens with one attached hydrogen (secondary N) is 2. The zero-order chi connectivity index (χ0) is 25.1. The van der Waals surface area contributed by atoms with Crippen LogP contribution in [0.4, 0.5) is 24.9 Å². The van der Waals surface area contributed by atoms with Crippen LogP contribution in [0, 0.1) is 6.92 Å². The Labute approximate surface area is 196 Å². The van der Waals surface area contributed by atoms with E-state index in [-0.39, 0.29) is 12.1 Å². The number of alkyl halides is 3. The Bertz CT molecular complexity index is 1130. The molecule has 12 heteroatoms. The summed E-state index contributed by atoms with van der Waals surface area (Å²) in [5, 5.41) is 6.00. The molecule has 2 N–H and O–H groups in total. The number of carbonyl (C=O) groups excluding carboxylic acids is 1. The van der Waals surface area contributed by atoms with Crippen molar-refractivity contribution in [1.82, 2.24) is 15.3 Å². The molecule has 34 heavy (non-hydrogen) atoms. The second-order valence-electron chi connectivity index (χ2n) is 8.64. The van der Waals surface area contributed by atoms with Crippen LogP contribution in [0.2, 0.25) is 0 Å². The van der Waals surface area contributed by atoms with E-state index in [9.17, 15) is 26.4 Å². The van der Waals surface area contributed by atoms with E-state index in [0.717, 1.165) is 42.4 Å². The van der Waals surface area contributed by atoms with Crippen LogP contribution < -0.4 is 15.5 Å². The van der Waals surface area contributed by atoms with Crippen LogP contribution in [0.25, 0.3) is 0 Å². The van der Waals surface area contributed by atoms with E-state index < -0.39 is 38.1 Å². The molecule has 0 atom stereocenters. The molecule has 0 saturated heterocycles. The van der Waals surface area contributed by atoms with Gasteiger partial charge in [0.1, 0.15) is 11.6 Å². The number of rotatable bonds is 7. The highest BCUT2D eigenvalue weighted by atomic mass is 32.2. The molecule has 1 aliphatic rings. The fourth-order valence-electron chi connectivity index (χ4n) is 3.91. The number of benzene rings is 1. The summed E-state index contributed by atoms with van der Waals surface area (Å²) in [6.07, 6.45) is -0.224. The van der Waals surface area contributed by atoms with Gasteiger partial charge in [-0.2, -0.15) is 18.2 Å². The Morgan fingerprint density at radius 1 is 1.15 bits per heavy atom. The van der Waals surface area contributed by atoms with Crippen LogP contribution in [0.15, 0.2) is 35.4 Å². The van der Waals surface area contributed by atoms with Crippen LogP contribution in [0.1, 0.15) is 36.8 Å². The second kappa shape index (κ2) is 10.2. The van der Waals surface area contributed by atoms with Gasteiger partial charge in [0.2, 0.25) is 11.9 Å². The van der Waals surface area contributed by atoms with E-state index in [1.807, 2.05) is 25.9 Å². The molecule has 0 aliphatic heterocycles. The number of anilines is 2. The van der Waals surface area contributed by atoms with Crippen LogP contribution in [-0.2, 0) is 20.8 Å². The Morgan fingerprint density at radius 2 is 1.79 bits per heavy atom. The molecule has 0 spiro atoms. The Balaban J connectivity index is 1.52. The third-order valence-electron chi connectivity index (χ3n) is 5.64. The van der Waals surface area contributed by atoms with Gasteiger partial charge in [-0.15, -0.1) is 0 Å². The minimum atomic E-state index is -4.67. The highest BCUT2D eigenvalue weighted by Crippen LogP contribution is 2.30. The average Bonchev–Trinajstić information content (AvgIpc) is 2.75. The smallest absolute Gasteiger partial charge is 0.362 e. The quantitative estimate of drug-likeness (QED) is 0.603. The molecule has 2 aromatic rings. The molecule has 0 unspecified atom stereocenters. The number of sulfone groups is 1. The lowest BCUT2D eigenvalue weighted by molar-refractivity contribution is -0.137. The first-order valence-corrected chi connectivity index (χ1v) is 12.5. The lowest BCUT2D eigenvalue weighted by atomic mass is 9.91. The second-order valence-corrected chi connectivity index (χ2v) is 10.6. The predicted molar refractivity (Wildman–Crippen MR) is 122 cm³/mol. The number of aromatic nitrogens is 2. The van der Waals surface area contributed by atoms with Gasteiger partial charge in [-0.1, -0.05) is 6.07 Å². The monoisotopic (exact) mass is 499 g/mol. The average molecular weight is 500 g/mol. The minimum absolute atomic E-state index is 0.111. The molecular weight excluding hydrogens is 471 g/mol. The molecule has 8 nitrogen and oxygen atoms in total. The van der Waals surface area contributed by atoms with E-state index in [2.05, 4.69) is 20.6 Å². The zero-order valence-electron chi connectivity index (χ0n) is 19.2. The SMILES string of the molecule is Cc1cnc(NC2CCC(NC(=O)CS(=O)(=O)c3cccc(C(F)(F)F)c3)CC2)nc1N(C)C. The van der Waals surface area contributed by atoms with Gasteiger partial charge >= 0.3 is 6.18 Å². The number of carbonyl (C=O) groups is 1. The van der Waals surface area contributed by atoms with Crippen molar-refractivity contribution in [2.45, 2.75) is 55.8 Å². The van der Waals surface area contributed by atoms with Crippen LogP contribution in [-0.4, -0.2) is 56.2 Å². The van der Waals surface area contributed by atoms with Gasteiger partial charge in [-0.3, -0.25) is 4.79 Å². The highest BCUT2D eigenvalue weighted by Gasteiger charge is 2.32. The van der Waals surface area contributed by atoms with Gasteiger partial charge in [0.15, 0.2) is 9.84 Å².